The maximum atomic E-state index is 14.6. The van der Waals surface area contributed by atoms with Crippen molar-refractivity contribution in [2.24, 2.45) is 17.8 Å². The Kier molecular flexibility index (Phi) is 20.2. The molecule has 62 heavy (non-hydrogen) atoms. The molecule has 6 amide bonds. The largest absolute Gasteiger partial charge is 0.452 e. The van der Waals surface area contributed by atoms with Gasteiger partial charge in [0.15, 0.2) is 6.10 Å². The van der Waals surface area contributed by atoms with Gasteiger partial charge in [0.25, 0.3) is 5.91 Å². The number of carbonyl (C=O) groups excluding carboxylic acids is 7. The molecule has 2 aromatic carbocycles. The van der Waals surface area contributed by atoms with E-state index in [1.807, 2.05) is 32.9 Å². The van der Waals surface area contributed by atoms with E-state index in [1.54, 1.807) is 69.3 Å². The van der Waals surface area contributed by atoms with Gasteiger partial charge in [-0.25, -0.2) is 0 Å². The van der Waals surface area contributed by atoms with E-state index < -0.39 is 106 Å². The minimum atomic E-state index is -1.37. The van der Waals surface area contributed by atoms with Crippen molar-refractivity contribution in [3.8, 4) is 0 Å². The minimum Gasteiger partial charge on any atom is -0.452 e. The summed E-state index contributed by atoms with van der Waals surface area (Å²) in [5, 5.41) is 11.3. The Bertz CT molecular complexity index is 1860. The highest BCUT2D eigenvalue weighted by Gasteiger charge is 2.40. The van der Waals surface area contributed by atoms with Gasteiger partial charge in [0.2, 0.25) is 29.5 Å². The summed E-state index contributed by atoms with van der Waals surface area (Å²) in [6.45, 7) is 12.2. The number of rotatable bonds is 12. The molecule has 4 N–H and O–H groups in total. The molecule has 1 aliphatic heterocycles. The second kappa shape index (κ2) is 24.5. The molecule has 0 spiro atoms. The number of carbonyl (C=O) groups is 7. The van der Waals surface area contributed by atoms with Gasteiger partial charge in [0.05, 0.1) is 5.92 Å². The lowest BCUT2D eigenvalue weighted by Gasteiger charge is -2.35. The van der Waals surface area contributed by atoms with E-state index in [4.69, 9.17) is 4.74 Å². The topological polar surface area (TPSA) is 200 Å². The summed E-state index contributed by atoms with van der Waals surface area (Å²) in [5.41, 5.74) is 1.42. The molecule has 0 saturated carbocycles. The number of hydrogen-bond acceptors (Lipinski definition) is 9. The maximum Gasteiger partial charge on any atom is 0.311 e. The molecule has 0 aromatic heterocycles. The van der Waals surface area contributed by atoms with E-state index in [1.165, 1.54) is 37.1 Å². The molecule has 9 atom stereocenters. The lowest BCUT2D eigenvalue weighted by molar-refractivity contribution is -0.168. The quantitative estimate of drug-likeness (QED) is 0.232. The Labute approximate surface area is 369 Å². The van der Waals surface area contributed by atoms with Gasteiger partial charge in [-0.05, 0) is 56.1 Å². The smallest absolute Gasteiger partial charge is 0.311 e. The zero-order valence-corrected chi connectivity index (χ0v) is 38.8. The molecule has 1 saturated heterocycles. The van der Waals surface area contributed by atoms with E-state index in [0.717, 1.165) is 0 Å². The Morgan fingerprint density at radius 3 is 1.73 bits per heavy atom. The third-order valence-corrected chi connectivity index (χ3v) is 12.0. The van der Waals surface area contributed by atoms with Crippen LogP contribution in [0.5, 0.6) is 0 Å². The fourth-order valence-corrected chi connectivity index (χ4v) is 7.90. The van der Waals surface area contributed by atoms with Crippen LogP contribution in [0.15, 0.2) is 60.7 Å². The van der Waals surface area contributed by atoms with Gasteiger partial charge >= 0.3 is 5.97 Å². The fraction of sp³-hybridized carbons (Fsp3) is 0.587. The number of nitrogens with zero attached hydrogens (tertiary/aromatic N) is 2. The second-order valence-electron chi connectivity index (χ2n) is 17.2. The SMILES string of the molecule is CCC[C@H]1NC(=O)[C@H](C)NC(=O)[C@H](CC(C)C)N(C)C(=O)[C@H](Cc2ccccc2)NC(=O)[C@H](CC[S@](C)=O)NC(=O)[C@@H](Cc2ccccc2)N(C)C(=O)[C@@H](C(C)C)OC(=O)[C@@H]1C. The molecule has 1 heterocycles. The van der Waals surface area contributed by atoms with Crippen molar-refractivity contribution in [3.63, 3.8) is 0 Å². The monoisotopic (exact) mass is 880 g/mol. The highest BCUT2D eigenvalue weighted by atomic mass is 32.2. The average Bonchev–Trinajstić information content (AvgIpc) is 3.23. The van der Waals surface area contributed by atoms with Gasteiger partial charge in [-0.2, -0.15) is 0 Å². The lowest BCUT2D eigenvalue weighted by atomic mass is 9.96. The number of ether oxygens (including phenoxy) is 1. The Balaban J connectivity index is 2.22. The first kappa shape index (κ1) is 51.2. The van der Waals surface area contributed by atoms with Gasteiger partial charge in [0.1, 0.15) is 30.2 Å². The molecule has 0 radical (unpaired) electrons. The molecule has 0 unspecified atom stereocenters. The molecule has 3 rings (SSSR count). The van der Waals surface area contributed by atoms with Crippen molar-refractivity contribution in [2.75, 3.05) is 26.1 Å². The molecular weight excluding hydrogens is 813 g/mol. The summed E-state index contributed by atoms with van der Waals surface area (Å²) in [4.78, 5) is 102. The number of nitrogens with one attached hydrogen (secondary N) is 4. The molecule has 0 aliphatic carbocycles. The van der Waals surface area contributed by atoms with Crippen LogP contribution in [0.2, 0.25) is 0 Å². The van der Waals surface area contributed by atoms with Crippen LogP contribution >= 0.6 is 0 Å². The number of benzene rings is 2. The van der Waals surface area contributed by atoms with Crippen molar-refractivity contribution in [1.82, 2.24) is 31.1 Å². The normalized spacial score (nSPS) is 26.2. The standard InChI is InChI=1S/C46H68N6O9S/c1-11-18-34-30(6)46(59)61-39(29(4)5)45(58)52(9)38(27-33-21-16-13-17-22-33)43(56)49-35(23-24-62(10)60)41(54)50-36(26-32-19-14-12-15-20-32)44(57)51(8)37(25-28(2)3)42(55)47-31(7)40(53)48-34/h12-17,19-22,28-31,34-39H,11,18,23-27H2,1-10H3,(H,47,55)(H,48,53)(H,49,56)(H,50,54)/t30-,31+,34-,35+,36+,37+,38-,39-,62+/m1/s1. The third kappa shape index (κ3) is 15.1. The Morgan fingerprint density at radius 2 is 1.19 bits per heavy atom. The number of likely N-dealkylation sites (N-methyl/N-ethyl adjacent to an activating group) is 2. The zero-order valence-electron chi connectivity index (χ0n) is 38.0. The van der Waals surface area contributed by atoms with Crippen molar-refractivity contribution >= 4 is 52.2 Å². The molecular formula is C46H68N6O9S. The lowest BCUT2D eigenvalue weighted by Crippen LogP contribution is -2.61. The number of cyclic esters (lactones) is 1. The highest BCUT2D eigenvalue weighted by molar-refractivity contribution is 7.84. The van der Waals surface area contributed by atoms with Crippen molar-refractivity contribution < 1.29 is 42.5 Å². The molecule has 0 bridgehead atoms. The van der Waals surface area contributed by atoms with E-state index in [-0.39, 0.29) is 37.4 Å². The van der Waals surface area contributed by atoms with Gasteiger partial charge < -0.3 is 35.8 Å². The van der Waals surface area contributed by atoms with Crippen molar-refractivity contribution in [3.05, 3.63) is 71.8 Å². The average molecular weight is 881 g/mol. The zero-order chi connectivity index (χ0) is 46.3. The number of hydrogen-bond donors (Lipinski definition) is 4. The molecule has 16 heteroatoms. The van der Waals surface area contributed by atoms with Crippen molar-refractivity contribution in [2.45, 2.75) is 129 Å². The predicted octanol–water partition coefficient (Wildman–Crippen LogP) is 2.92. The van der Waals surface area contributed by atoms with Crippen LogP contribution in [0.1, 0.15) is 85.3 Å². The Hall–Kier alpha value is -5.12. The summed E-state index contributed by atoms with van der Waals surface area (Å²) in [6, 6.07) is 11.4. The van der Waals surface area contributed by atoms with Gasteiger partial charge in [0, 0.05) is 55.8 Å². The molecule has 342 valence electrons. The minimum absolute atomic E-state index is 0.0265. The van der Waals surface area contributed by atoms with Gasteiger partial charge in [-0.3, -0.25) is 37.8 Å². The molecule has 1 fully saturated rings. The molecule has 2 aromatic rings. The van der Waals surface area contributed by atoms with Gasteiger partial charge in [-0.15, -0.1) is 0 Å². The summed E-state index contributed by atoms with van der Waals surface area (Å²) in [5.74, 6) is -6.06. The second-order valence-corrected chi connectivity index (χ2v) is 18.7. The summed E-state index contributed by atoms with van der Waals surface area (Å²) in [7, 11) is 1.53. The van der Waals surface area contributed by atoms with E-state index in [0.29, 0.717) is 24.0 Å². The first-order valence-corrected chi connectivity index (χ1v) is 23.3. The first-order valence-electron chi connectivity index (χ1n) is 21.6. The molecule has 1 aliphatic rings. The summed E-state index contributed by atoms with van der Waals surface area (Å²) >= 11 is 0. The number of amides is 6. The third-order valence-electron chi connectivity index (χ3n) is 11.2. The van der Waals surface area contributed by atoms with Crippen molar-refractivity contribution in [1.29, 1.82) is 0 Å². The van der Waals surface area contributed by atoms with Crippen LogP contribution in [0.3, 0.4) is 0 Å². The van der Waals surface area contributed by atoms with Gasteiger partial charge in [-0.1, -0.05) is 102 Å². The highest BCUT2D eigenvalue weighted by Crippen LogP contribution is 2.21. The van der Waals surface area contributed by atoms with Crippen LogP contribution in [0.4, 0.5) is 0 Å². The maximum absolute atomic E-state index is 14.6. The van der Waals surface area contributed by atoms with Crippen LogP contribution in [-0.2, 0) is 61.9 Å². The van der Waals surface area contributed by atoms with Crippen LogP contribution in [0, 0.1) is 17.8 Å². The summed E-state index contributed by atoms with van der Waals surface area (Å²) in [6.07, 6.45) is 1.34. The fourth-order valence-electron chi connectivity index (χ4n) is 7.34. The Morgan fingerprint density at radius 1 is 0.661 bits per heavy atom. The predicted molar refractivity (Wildman–Crippen MR) is 239 cm³/mol. The number of esters is 1. The van der Waals surface area contributed by atoms with Crippen LogP contribution < -0.4 is 21.3 Å². The first-order chi connectivity index (χ1) is 29.2. The van der Waals surface area contributed by atoms with E-state index >= 15 is 0 Å². The van der Waals surface area contributed by atoms with Crippen LogP contribution in [0.25, 0.3) is 0 Å². The van der Waals surface area contributed by atoms with E-state index in [2.05, 4.69) is 21.3 Å². The van der Waals surface area contributed by atoms with E-state index in [9.17, 15) is 37.8 Å². The summed E-state index contributed by atoms with van der Waals surface area (Å²) < 4.78 is 18.3. The molecule has 15 nitrogen and oxygen atoms in total. The van der Waals surface area contributed by atoms with Crippen LogP contribution in [-0.4, -0.2) is 124 Å².